The lowest BCUT2D eigenvalue weighted by Gasteiger charge is -2.16. The van der Waals surface area contributed by atoms with Crippen LogP contribution < -0.4 is 9.46 Å². The summed E-state index contributed by atoms with van der Waals surface area (Å²) in [6.45, 7) is 0.0429. The monoisotopic (exact) mass is 410 g/mol. The number of ether oxygens (including phenoxy) is 1. The molecule has 0 fully saturated rings. The highest BCUT2D eigenvalue weighted by molar-refractivity contribution is 7.89. The van der Waals surface area contributed by atoms with E-state index in [1.807, 2.05) is 54.6 Å². The minimum atomic E-state index is -3.64. The van der Waals surface area contributed by atoms with Crippen LogP contribution in [0.3, 0.4) is 0 Å². The summed E-state index contributed by atoms with van der Waals surface area (Å²) in [4.78, 5) is 5.83. The molecule has 1 N–H and O–H groups in total. The van der Waals surface area contributed by atoms with Crippen molar-refractivity contribution in [1.82, 2.24) is 4.72 Å². The van der Waals surface area contributed by atoms with Crippen LogP contribution in [-0.4, -0.2) is 28.3 Å². The molecule has 3 rings (SSSR count). The predicted molar refractivity (Wildman–Crippen MR) is 112 cm³/mol. The first-order valence-corrected chi connectivity index (χ1v) is 10.5. The van der Waals surface area contributed by atoms with Crippen LogP contribution in [-0.2, 0) is 14.9 Å². The summed E-state index contributed by atoms with van der Waals surface area (Å²) < 4.78 is 32.7. The molecular formula is C22H22N2O4S. The van der Waals surface area contributed by atoms with E-state index in [1.54, 1.807) is 43.7 Å². The van der Waals surface area contributed by atoms with E-state index in [0.29, 0.717) is 0 Å². The molecule has 1 unspecified atom stereocenters. The predicted octanol–water partition coefficient (Wildman–Crippen LogP) is 3.77. The van der Waals surface area contributed by atoms with Gasteiger partial charge in [0.2, 0.25) is 10.0 Å². The summed E-state index contributed by atoms with van der Waals surface area (Å²) in [6.07, 6.45) is 0.991. The van der Waals surface area contributed by atoms with Gasteiger partial charge in [0.05, 0.1) is 24.8 Å². The molecule has 29 heavy (non-hydrogen) atoms. The van der Waals surface area contributed by atoms with Crippen LogP contribution in [0, 0.1) is 0 Å². The van der Waals surface area contributed by atoms with Crippen molar-refractivity contribution in [1.29, 1.82) is 0 Å². The Morgan fingerprint density at radius 3 is 2.17 bits per heavy atom. The molecule has 0 heterocycles. The molecule has 0 saturated carbocycles. The molecule has 150 valence electrons. The zero-order chi connectivity index (χ0) is 20.5. The van der Waals surface area contributed by atoms with Gasteiger partial charge in [0.1, 0.15) is 5.75 Å². The van der Waals surface area contributed by atoms with Gasteiger partial charge >= 0.3 is 0 Å². The van der Waals surface area contributed by atoms with E-state index >= 15 is 0 Å². The molecule has 0 bridgehead atoms. The maximum Gasteiger partial charge on any atom is 0.240 e. The van der Waals surface area contributed by atoms with Crippen LogP contribution in [0.1, 0.15) is 17.2 Å². The number of hydrogen-bond acceptors (Lipinski definition) is 5. The average molecular weight is 410 g/mol. The molecule has 3 aromatic carbocycles. The molecule has 7 heteroatoms. The molecule has 0 amide bonds. The number of benzene rings is 3. The lowest BCUT2D eigenvalue weighted by Crippen LogP contribution is -2.29. The normalized spacial score (nSPS) is 12.6. The fourth-order valence-corrected chi connectivity index (χ4v) is 3.66. The van der Waals surface area contributed by atoms with Gasteiger partial charge in [0.15, 0.2) is 6.10 Å². The Labute approximate surface area is 170 Å². The van der Waals surface area contributed by atoms with Crippen molar-refractivity contribution in [2.24, 2.45) is 5.16 Å². The van der Waals surface area contributed by atoms with Crippen LogP contribution >= 0.6 is 0 Å². The molecule has 0 spiro atoms. The SMILES string of the molecule is COc1ccc(/C=N/OC(CNS(=O)(=O)c2ccccc2)c2ccccc2)cc1. The largest absolute Gasteiger partial charge is 0.497 e. The van der Waals surface area contributed by atoms with Crippen LogP contribution in [0.4, 0.5) is 0 Å². The van der Waals surface area contributed by atoms with E-state index in [9.17, 15) is 8.42 Å². The highest BCUT2D eigenvalue weighted by atomic mass is 32.2. The van der Waals surface area contributed by atoms with Gasteiger partial charge in [0, 0.05) is 0 Å². The van der Waals surface area contributed by atoms with E-state index < -0.39 is 16.1 Å². The second-order valence-electron chi connectivity index (χ2n) is 6.18. The van der Waals surface area contributed by atoms with Gasteiger partial charge in [-0.05, 0) is 47.5 Å². The van der Waals surface area contributed by atoms with Gasteiger partial charge in [0.25, 0.3) is 0 Å². The Kier molecular flexibility index (Phi) is 6.99. The molecule has 0 aliphatic carbocycles. The first kappa shape index (κ1) is 20.6. The summed E-state index contributed by atoms with van der Waals surface area (Å²) >= 11 is 0. The Morgan fingerprint density at radius 1 is 0.931 bits per heavy atom. The van der Waals surface area contributed by atoms with E-state index in [0.717, 1.165) is 16.9 Å². The van der Waals surface area contributed by atoms with Crippen molar-refractivity contribution in [2.75, 3.05) is 13.7 Å². The Balaban J connectivity index is 1.70. The highest BCUT2D eigenvalue weighted by Gasteiger charge is 2.19. The van der Waals surface area contributed by atoms with E-state index in [4.69, 9.17) is 9.57 Å². The van der Waals surface area contributed by atoms with Crippen molar-refractivity contribution in [3.8, 4) is 5.75 Å². The van der Waals surface area contributed by atoms with Crippen molar-refractivity contribution < 1.29 is 18.0 Å². The van der Waals surface area contributed by atoms with Crippen molar-refractivity contribution in [2.45, 2.75) is 11.0 Å². The average Bonchev–Trinajstić information content (AvgIpc) is 2.77. The number of rotatable bonds is 9. The zero-order valence-electron chi connectivity index (χ0n) is 15.9. The number of methoxy groups -OCH3 is 1. The molecule has 3 aromatic rings. The third-order valence-electron chi connectivity index (χ3n) is 4.19. The molecule has 0 radical (unpaired) electrons. The molecule has 0 aliphatic heterocycles. The van der Waals surface area contributed by atoms with Crippen molar-refractivity contribution >= 4 is 16.2 Å². The van der Waals surface area contributed by atoms with Gasteiger partial charge in [-0.25, -0.2) is 13.1 Å². The third-order valence-corrected chi connectivity index (χ3v) is 5.63. The van der Waals surface area contributed by atoms with Gasteiger partial charge < -0.3 is 9.57 Å². The first-order chi connectivity index (χ1) is 14.1. The first-order valence-electron chi connectivity index (χ1n) is 9.01. The quantitative estimate of drug-likeness (QED) is 0.430. The van der Waals surface area contributed by atoms with Crippen LogP contribution in [0.25, 0.3) is 0 Å². The standard InChI is InChI=1S/C22H22N2O4S/c1-27-20-14-12-18(13-15-20)16-23-28-22(19-8-4-2-5-9-19)17-24-29(25,26)21-10-6-3-7-11-21/h2-16,22,24H,17H2,1H3/b23-16+. The summed E-state index contributed by atoms with van der Waals surface area (Å²) in [5.41, 5.74) is 1.65. The van der Waals surface area contributed by atoms with Gasteiger partial charge in [-0.2, -0.15) is 0 Å². The van der Waals surface area contributed by atoms with Crippen LogP contribution in [0.15, 0.2) is 95.0 Å². The molecule has 0 aromatic heterocycles. The smallest absolute Gasteiger partial charge is 0.240 e. The van der Waals surface area contributed by atoms with E-state index in [-0.39, 0.29) is 11.4 Å². The van der Waals surface area contributed by atoms with E-state index in [1.165, 1.54) is 0 Å². The molecule has 0 aliphatic rings. The number of oxime groups is 1. The maximum atomic E-state index is 12.5. The minimum Gasteiger partial charge on any atom is -0.497 e. The molecule has 6 nitrogen and oxygen atoms in total. The second-order valence-corrected chi connectivity index (χ2v) is 7.94. The lowest BCUT2D eigenvalue weighted by molar-refractivity contribution is 0.0634. The Morgan fingerprint density at radius 2 is 1.55 bits per heavy atom. The number of hydrogen-bond donors (Lipinski definition) is 1. The molecular weight excluding hydrogens is 388 g/mol. The Bertz CT molecular complexity index is 1020. The zero-order valence-corrected chi connectivity index (χ0v) is 16.7. The van der Waals surface area contributed by atoms with Crippen LogP contribution in [0.5, 0.6) is 5.75 Å². The topological polar surface area (TPSA) is 77.0 Å². The summed E-state index contributed by atoms with van der Waals surface area (Å²) in [6, 6.07) is 24.9. The minimum absolute atomic E-state index is 0.0429. The number of nitrogens with one attached hydrogen (secondary N) is 1. The summed E-state index contributed by atoms with van der Waals surface area (Å²) in [5.74, 6) is 0.751. The lowest BCUT2D eigenvalue weighted by atomic mass is 10.1. The second kappa shape index (κ2) is 9.86. The third kappa shape index (κ3) is 5.91. The molecule has 0 saturated heterocycles. The van der Waals surface area contributed by atoms with Gasteiger partial charge in [-0.3, -0.25) is 0 Å². The van der Waals surface area contributed by atoms with Gasteiger partial charge in [-0.1, -0.05) is 53.7 Å². The van der Waals surface area contributed by atoms with Crippen molar-refractivity contribution in [3.63, 3.8) is 0 Å². The fourth-order valence-electron chi connectivity index (χ4n) is 2.61. The summed E-state index contributed by atoms with van der Waals surface area (Å²) in [7, 11) is -2.04. The summed E-state index contributed by atoms with van der Waals surface area (Å²) in [5, 5.41) is 4.05. The maximum absolute atomic E-state index is 12.5. The number of sulfonamides is 1. The fraction of sp³-hybridized carbons (Fsp3) is 0.136. The van der Waals surface area contributed by atoms with Crippen molar-refractivity contribution in [3.05, 3.63) is 96.1 Å². The highest BCUT2D eigenvalue weighted by Crippen LogP contribution is 2.18. The Hall–Kier alpha value is -3.16. The van der Waals surface area contributed by atoms with Crippen LogP contribution in [0.2, 0.25) is 0 Å². The number of nitrogens with zero attached hydrogens (tertiary/aromatic N) is 1. The van der Waals surface area contributed by atoms with E-state index in [2.05, 4.69) is 9.88 Å². The molecule has 1 atom stereocenters. The van der Waals surface area contributed by atoms with Gasteiger partial charge in [-0.15, -0.1) is 0 Å².